The molecule has 2 amide bonds. The van der Waals surface area contributed by atoms with E-state index in [0.29, 0.717) is 19.4 Å². The van der Waals surface area contributed by atoms with Crippen LogP contribution in [0.5, 0.6) is 0 Å². The van der Waals surface area contributed by atoms with E-state index in [9.17, 15) is 9.59 Å². The molecular formula is C24H32N4O2S. The topological polar surface area (TPSA) is 56.8 Å². The van der Waals surface area contributed by atoms with E-state index >= 15 is 0 Å². The molecular weight excluding hydrogens is 408 g/mol. The summed E-state index contributed by atoms with van der Waals surface area (Å²) in [6.45, 7) is 5.82. The average molecular weight is 441 g/mol. The Morgan fingerprint density at radius 1 is 0.968 bits per heavy atom. The number of unbranched alkanes of at least 4 members (excludes halogenated alkanes) is 1. The number of nitrogens with zero attached hydrogens (tertiary/aromatic N) is 4. The first-order chi connectivity index (χ1) is 15.1. The first kappa shape index (κ1) is 20.9. The van der Waals surface area contributed by atoms with Crippen LogP contribution < -0.4 is 4.90 Å². The highest BCUT2D eigenvalue weighted by Crippen LogP contribution is 2.46. The van der Waals surface area contributed by atoms with Crippen molar-refractivity contribution in [2.24, 2.45) is 5.41 Å². The van der Waals surface area contributed by atoms with Crippen LogP contribution in [-0.4, -0.2) is 65.9 Å². The van der Waals surface area contributed by atoms with Crippen molar-refractivity contribution in [1.82, 2.24) is 14.8 Å². The van der Waals surface area contributed by atoms with Gasteiger partial charge in [0.2, 0.25) is 11.8 Å². The predicted molar refractivity (Wildman–Crippen MR) is 124 cm³/mol. The molecule has 0 atom stereocenters. The molecule has 3 fully saturated rings. The van der Waals surface area contributed by atoms with Crippen molar-refractivity contribution in [2.75, 3.05) is 44.2 Å². The van der Waals surface area contributed by atoms with Gasteiger partial charge in [-0.1, -0.05) is 12.8 Å². The summed E-state index contributed by atoms with van der Waals surface area (Å²) < 4.78 is 1.30. The third kappa shape index (κ3) is 4.35. The number of aromatic nitrogens is 1. The number of pyridine rings is 1. The molecule has 0 N–H and O–H groups in total. The van der Waals surface area contributed by atoms with Crippen LogP contribution in [0.15, 0.2) is 23.8 Å². The summed E-state index contributed by atoms with van der Waals surface area (Å²) in [5.41, 5.74) is 1.32. The molecule has 1 aliphatic carbocycles. The van der Waals surface area contributed by atoms with Gasteiger partial charge in [0.15, 0.2) is 0 Å². The summed E-state index contributed by atoms with van der Waals surface area (Å²) >= 11 is 1.79. The van der Waals surface area contributed by atoms with E-state index in [1.54, 1.807) is 16.2 Å². The number of hydrogen-bond acceptors (Lipinski definition) is 6. The molecule has 4 heterocycles. The fraction of sp³-hybridized carbons (Fsp3) is 0.625. The third-order valence-electron chi connectivity index (χ3n) is 7.49. The maximum atomic E-state index is 12.6. The third-order valence-corrected chi connectivity index (χ3v) is 8.44. The molecule has 1 saturated carbocycles. The number of rotatable bonds is 6. The highest BCUT2D eigenvalue weighted by atomic mass is 32.1. The zero-order valence-electron chi connectivity index (χ0n) is 18.2. The number of piperidine rings is 1. The van der Waals surface area contributed by atoms with Gasteiger partial charge < -0.3 is 4.90 Å². The summed E-state index contributed by atoms with van der Waals surface area (Å²) in [5, 5.41) is 3.51. The Kier molecular flexibility index (Phi) is 5.97. The van der Waals surface area contributed by atoms with Crippen LogP contribution in [0.2, 0.25) is 0 Å². The van der Waals surface area contributed by atoms with E-state index in [-0.39, 0.29) is 17.2 Å². The lowest BCUT2D eigenvalue weighted by molar-refractivity contribution is -0.153. The van der Waals surface area contributed by atoms with E-state index < -0.39 is 0 Å². The quantitative estimate of drug-likeness (QED) is 0.504. The van der Waals surface area contributed by atoms with E-state index in [1.165, 1.54) is 28.6 Å². The van der Waals surface area contributed by atoms with Crippen molar-refractivity contribution in [2.45, 2.75) is 51.4 Å². The maximum Gasteiger partial charge on any atom is 0.229 e. The lowest BCUT2D eigenvalue weighted by atomic mass is 9.76. The zero-order valence-corrected chi connectivity index (χ0v) is 19.0. The Balaban J connectivity index is 1.05. The van der Waals surface area contributed by atoms with Crippen molar-refractivity contribution in [3.63, 3.8) is 0 Å². The monoisotopic (exact) mass is 440 g/mol. The van der Waals surface area contributed by atoms with Gasteiger partial charge in [-0.3, -0.25) is 24.4 Å². The van der Waals surface area contributed by atoms with Crippen molar-refractivity contribution >= 4 is 38.9 Å². The second-order valence-corrected chi connectivity index (χ2v) is 10.4. The van der Waals surface area contributed by atoms with Gasteiger partial charge in [-0.15, -0.1) is 11.3 Å². The lowest BCUT2D eigenvalue weighted by Gasteiger charge is -2.37. The van der Waals surface area contributed by atoms with Gasteiger partial charge in [0, 0.05) is 73.4 Å². The van der Waals surface area contributed by atoms with Crippen molar-refractivity contribution < 1.29 is 9.59 Å². The molecule has 3 aliphatic rings. The highest BCUT2D eigenvalue weighted by Gasteiger charge is 2.44. The van der Waals surface area contributed by atoms with Crippen LogP contribution in [0, 0.1) is 5.41 Å². The molecule has 5 rings (SSSR count). The van der Waals surface area contributed by atoms with Crippen molar-refractivity contribution in [3.8, 4) is 0 Å². The fourth-order valence-corrected chi connectivity index (χ4v) is 6.62. The first-order valence-electron chi connectivity index (χ1n) is 11.8. The summed E-state index contributed by atoms with van der Waals surface area (Å²) in [7, 11) is 0. The van der Waals surface area contributed by atoms with E-state index in [4.69, 9.17) is 0 Å². The Hall–Kier alpha value is -1.99. The zero-order chi connectivity index (χ0) is 21.3. The summed E-state index contributed by atoms with van der Waals surface area (Å²) in [4.78, 5) is 36.0. The number of imide groups is 1. The number of carbonyl (C=O) groups excluding carboxylic acids is 2. The second-order valence-electron chi connectivity index (χ2n) is 9.53. The minimum absolute atomic E-state index is 0.00812. The minimum atomic E-state index is 0.00812. The number of piperazine rings is 1. The Labute approximate surface area is 188 Å². The molecule has 0 bridgehead atoms. The fourth-order valence-electron chi connectivity index (χ4n) is 5.68. The largest absolute Gasteiger partial charge is 0.368 e. The first-order valence-corrected chi connectivity index (χ1v) is 12.6. The number of anilines is 1. The molecule has 0 aromatic carbocycles. The summed E-state index contributed by atoms with van der Waals surface area (Å²) in [6.07, 6.45) is 11.4. The number of hydrogen-bond donors (Lipinski definition) is 0. The number of likely N-dealkylation sites (tertiary alicyclic amines) is 1. The van der Waals surface area contributed by atoms with Crippen LogP contribution in [0.1, 0.15) is 51.4 Å². The number of fused-ring (bicyclic) bond motifs is 1. The minimum Gasteiger partial charge on any atom is -0.368 e. The molecule has 7 heteroatoms. The van der Waals surface area contributed by atoms with Crippen molar-refractivity contribution in [1.29, 1.82) is 0 Å². The molecule has 1 spiro atoms. The molecule has 2 aromatic rings. The maximum absolute atomic E-state index is 12.6. The van der Waals surface area contributed by atoms with Crippen LogP contribution in [0.4, 0.5) is 5.69 Å². The number of thiophene rings is 1. The van der Waals surface area contributed by atoms with Crippen LogP contribution in [0.3, 0.4) is 0 Å². The van der Waals surface area contributed by atoms with Gasteiger partial charge in [-0.25, -0.2) is 0 Å². The number of amides is 2. The van der Waals surface area contributed by atoms with E-state index in [2.05, 4.69) is 26.2 Å². The Morgan fingerprint density at radius 3 is 2.42 bits per heavy atom. The number of carbonyl (C=O) groups is 2. The molecule has 2 aliphatic heterocycles. The molecule has 0 radical (unpaired) electrons. The lowest BCUT2D eigenvalue weighted by Crippen LogP contribution is -2.48. The highest BCUT2D eigenvalue weighted by molar-refractivity contribution is 7.17. The predicted octanol–water partition coefficient (Wildman–Crippen LogP) is 3.91. The van der Waals surface area contributed by atoms with Gasteiger partial charge in [-0.2, -0.15) is 0 Å². The van der Waals surface area contributed by atoms with E-state index in [1.807, 2.05) is 12.4 Å². The van der Waals surface area contributed by atoms with Crippen LogP contribution in [-0.2, 0) is 9.59 Å². The SMILES string of the molecule is O=C1CC2(CCCC2)CC(=O)N1CCCCN1CCN(c2csc3ccncc23)CC1. The molecule has 31 heavy (non-hydrogen) atoms. The summed E-state index contributed by atoms with van der Waals surface area (Å²) in [5.74, 6) is 0.147. The summed E-state index contributed by atoms with van der Waals surface area (Å²) in [6, 6.07) is 2.09. The normalized spacial score (nSPS) is 22.2. The van der Waals surface area contributed by atoms with E-state index in [0.717, 1.165) is 58.4 Å². The van der Waals surface area contributed by atoms with Crippen LogP contribution in [0.25, 0.3) is 10.1 Å². The van der Waals surface area contributed by atoms with Gasteiger partial charge in [0.25, 0.3) is 0 Å². The van der Waals surface area contributed by atoms with Crippen LogP contribution >= 0.6 is 11.3 Å². The molecule has 166 valence electrons. The average Bonchev–Trinajstić information content (AvgIpc) is 3.40. The molecule has 2 aromatic heterocycles. The van der Waals surface area contributed by atoms with Crippen molar-refractivity contribution in [3.05, 3.63) is 23.8 Å². The van der Waals surface area contributed by atoms with Gasteiger partial charge in [-0.05, 0) is 43.7 Å². The molecule has 2 saturated heterocycles. The van der Waals surface area contributed by atoms with Gasteiger partial charge >= 0.3 is 0 Å². The molecule has 0 unspecified atom stereocenters. The molecule has 6 nitrogen and oxygen atoms in total. The Morgan fingerprint density at radius 2 is 1.68 bits per heavy atom. The second kappa shape index (κ2) is 8.87. The van der Waals surface area contributed by atoms with Gasteiger partial charge in [0.05, 0.1) is 5.69 Å². The van der Waals surface area contributed by atoms with Gasteiger partial charge in [0.1, 0.15) is 0 Å². The Bertz CT molecular complexity index is 924. The standard InChI is InChI=1S/C24H32N4O2S/c29-22-15-24(6-1-2-7-24)16-23(30)28(22)10-4-3-9-26-11-13-27(14-12-26)20-18-31-21-5-8-25-17-19(20)21/h5,8,17-18H,1-4,6-7,9-16H2. The smallest absolute Gasteiger partial charge is 0.229 e.